The van der Waals surface area contributed by atoms with Gasteiger partial charge in [-0.05, 0) is 23.9 Å². The van der Waals surface area contributed by atoms with Crippen LogP contribution in [0.15, 0.2) is 47.8 Å². The van der Waals surface area contributed by atoms with Crippen LogP contribution in [0.25, 0.3) is 21.5 Å². The number of nitrogens with one attached hydrogen (secondary N) is 1. The first kappa shape index (κ1) is 17.2. The quantitative estimate of drug-likeness (QED) is 0.582. The number of rotatable bonds is 3. The maximum absolute atomic E-state index is 12.7. The maximum Gasteiger partial charge on any atom is 0.255 e. The Kier molecular flexibility index (Phi) is 4.26. The van der Waals surface area contributed by atoms with Crippen molar-refractivity contribution in [3.05, 3.63) is 75.0 Å². The van der Waals surface area contributed by atoms with Gasteiger partial charge in [-0.2, -0.15) is 0 Å². The first-order valence-electron chi connectivity index (χ1n) is 9.26. The predicted octanol–water partition coefficient (Wildman–Crippen LogP) is 3.31. The largest absolute Gasteiger partial charge is 0.306 e. The van der Waals surface area contributed by atoms with Gasteiger partial charge in [0.2, 0.25) is 0 Å². The number of fused-ring (bicyclic) bond motifs is 2. The molecule has 3 aromatic heterocycles. The monoisotopic (exact) mass is 389 g/mol. The highest BCUT2D eigenvalue weighted by molar-refractivity contribution is 7.19. The van der Waals surface area contributed by atoms with Gasteiger partial charge >= 0.3 is 0 Å². The average Bonchev–Trinajstić information content (AvgIpc) is 3.04. The van der Waals surface area contributed by atoms with Gasteiger partial charge in [0, 0.05) is 48.0 Å². The van der Waals surface area contributed by atoms with Crippen LogP contribution < -0.4 is 5.56 Å². The summed E-state index contributed by atoms with van der Waals surface area (Å²) in [5.74, 6) is 0.540. The molecule has 0 amide bonds. The van der Waals surface area contributed by atoms with Crippen molar-refractivity contribution in [2.45, 2.75) is 26.4 Å². The summed E-state index contributed by atoms with van der Waals surface area (Å²) in [6.45, 7) is 4.56. The number of aromatic nitrogens is 4. The Labute approximate surface area is 165 Å². The maximum atomic E-state index is 12.7. The lowest BCUT2D eigenvalue weighted by Crippen LogP contribution is -2.35. The van der Waals surface area contributed by atoms with Gasteiger partial charge < -0.3 is 4.98 Å². The molecule has 6 nitrogen and oxygen atoms in total. The number of aromatic amines is 1. The van der Waals surface area contributed by atoms with E-state index in [4.69, 9.17) is 0 Å². The first-order chi connectivity index (χ1) is 13.7. The Bertz CT molecular complexity index is 1210. The Balaban J connectivity index is 1.42. The lowest BCUT2D eigenvalue weighted by Gasteiger charge is -2.27. The second kappa shape index (κ2) is 6.92. The topological polar surface area (TPSA) is 74.8 Å². The molecule has 4 aromatic rings. The van der Waals surface area contributed by atoms with Crippen LogP contribution in [0, 0.1) is 6.92 Å². The number of aryl methyl sites for hydroxylation is 1. The summed E-state index contributed by atoms with van der Waals surface area (Å²) in [5.41, 5.74) is 3.66. The minimum atomic E-state index is -0.0679. The summed E-state index contributed by atoms with van der Waals surface area (Å²) in [5, 5.41) is 1.33. The van der Waals surface area contributed by atoms with E-state index in [2.05, 4.69) is 56.0 Å². The van der Waals surface area contributed by atoms with Gasteiger partial charge in [0.05, 0.1) is 16.8 Å². The molecule has 1 aliphatic heterocycles. The zero-order chi connectivity index (χ0) is 19.1. The number of H-pyrrole nitrogens is 1. The van der Waals surface area contributed by atoms with E-state index in [0.29, 0.717) is 12.4 Å². The van der Waals surface area contributed by atoms with Crippen molar-refractivity contribution in [3.8, 4) is 11.4 Å². The molecule has 0 saturated carbocycles. The second-order valence-electron chi connectivity index (χ2n) is 7.07. The van der Waals surface area contributed by atoms with Crippen molar-refractivity contribution >= 4 is 21.4 Å². The van der Waals surface area contributed by atoms with Crippen LogP contribution in [-0.4, -0.2) is 31.4 Å². The smallest absolute Gasteiger partial charge is 0.255 e. The fraction of sp³-hybridized carbons (Fsp3) is 0.238. The lowest BCUT2D eigenvalue weighted by atomic mass is 10.1. The molecule has 0 radical (unpaired) electrons. The number of hydrogen-bond acceptors (Lipinski definition) is 6. The van der Waals surface area contributed by atoms with Crippen LogP contribution in [0.5, 0.6) is 0 Å². The molecule has 1 aromatic carbocycles. The van der Waals surface area contributed by atoms with Gasteiger partial charge in [-0.25, -0.2) is 15.0 Å². The van der Waals surface area contributed by atoms with Gasteiger partial charge in [-0.15, -0.1) is 11.3 Å². The summed E-state index contributed by atoms with van der Waals surface area (Å²) < 4.78 is 1.32. The summed E-state index contributed by atoms with van der Waals surface area (Å²) in [7, 11) is 0. The van der Waals surface area contributed by atoms with Gasteiger partial charge in [0.15, 0.2) is 0 Å². The van der Waals surface area contributed by atoms with E-state index < -0.39 is 0 Å². The van der Waals surface area contributed by atoms with Crippen molar-refractivity contribution < 1.29 is 0 Å². The minimum Gasteiger partial charge on any atom is -0.306 e. The van der Waals surface area contributed by atoms with E-state index in [1.165, 1.54) is 26.9 Å². The van der Waals surface area contributed by atoms with E-state index in [9.17, 15) is 4.79 Å². The van der Waals surface area contributed by atoms with E-state index in [-0.39, 0.29) is 5.56 Å². The van der Waals surface area contributed by atoms with E-state index in [0.717, 1.165) is 36.3 Å². The van der Waals surface area contributed by atoms with Crippen LogP contribution in [0.3, 0.4) is 0 Å². The molecule has 1 aliphatic rings. The molecule has 0 spiro atoms. The summed E-state index contributed by atoms with van der Waals surface area (Å²) in [6, 6.07) is 8.52. The zero-order valence-corrected chi connectivity index (χ0v) is 16.3. The second-order valence-corrected chi connectivity index (χ2v) is 8.21. The Hall–Kier alpha value is -2.90. The predicted molar refractivity (Wildman–Crippen MR) is 110 cm³/mol. The molecule has 1 N–H and O–H groups in total. The van der Waals surface area contributed by atoms with Gasteiger partial charge in [-0.3, -0.25) is 9.69 Å². The Morgan fingerprint density at radius 1 is 1.21 bits per heavy atom. The molecule has 0 bridgehead atoms. The lowest BCUT2D eigenvalue weighted by molar-refractivity contribution is 0.243. The number of thiophene rings is 1. The van der Waals surface area contributed by atoms with Gasteiger partial charge in [0.1, 0.15) is 12.2 Å². The van der Waals surface area contributed by atoms with E-state index in [1.54, 1.807) is 12.4 Å². The van der Waals surface area contributed by atoms with Crippen molar-refractivity contribution in [1.29, 1.82) is 0 Å². The molecule has 7 heteroatoms. The molecule has 0 saturated heterocycles. The SMILES string of the molecule is Cc1c(CN2CCc3nc(-c4cncnc4)[nH]c(=O)c3C2)sc2ccccc12. The minimum absolute atomic E-state index is 0.0679. The molecule has 5 rings (SSSR count). The zero-order valence-electron chi connectivity index (χ0n) is 15.5. The van der Waals surface area contributed by atoms with Gasteiger partial charge in [-0.1, -0.05) is 18.2 Å². The standard InChI is InChI=1S/C21H19N5OS/c1-13-15-4-2-3-5-18(15)28-19(13)11-26-7-6-17-16(10-26)21(27)25-20(24-17)14-8-22-12-23-9-14/h2-5,8-9,12H,6-7,10-11H2,1H3,(H,24,25,27). The van der Waals surface area contributed by atoms with Gasteiger partial charge in [0.25, 0.3) is 5.56 Å². The highest BCUT2D eigenvalue weighted by Gasteiger charge is 2.23. The molecular formula is C21H19N5OS. The Morgan fingerprint density at radius 3 is 2.86 bits per heavy atom. The van der Waals surface area contributed by atoms with E-state index >= 15 is 0 Å². The normalized spacial score (nSPS) is 14.3. The fourth-order valence-corrected chi connectivity index (χ4v) is 5.01. The number of nitrogens with zero attached hydrogens (tertiary/aromatic N) is 4. The summed E-state index contributed by atoms with van der Waals surface area (Å²) in [4.78, 5) is 32.0. The average molecular weight is 389 g/mol. The number of benzene rings is 1. The summed E-state index contributed by atoms with van der Waals surface area (Å²) >= 11 is 1.85. The fourth-order valence-electron chi connectivity index (χ4n) is 3.75. The molecular weight excluding hydrogens is 370 g/mol. The molecule has 4 heterocycles. The molecule has 0 aliphatic carbocycles. The third-order valence-electron chi connectivity index (χ3n) is 5.29. The molecule has 28 heavy (non-hydrogen) atoms. The van der Waals surface area contributed by atoms with Crippen molar-refractivity contribution in [1.82, 2.24) is 24.8 Å². The highest BCUT2D eigenvalue weighted by Crippen LogP contribution is 2.32. The number of hydrogen-bond donors (Lipinski definition) is 1. The Morgan fingerprint density at radius 2 is 2.04 bits per heavy atom. The summed E-state index contributed by atoms with van der Waals surface area (Å²) in [6.07, 6.45) is 5.56. The van der Waals surface area contributed by atoms with E-state index in [1.807, 2.05) is 11.3 Å². The van der Waals surface area contributed by atoms with Crippen LogP contribution in [0.1, 0.15) is 21.7 Å². The van der Waals surface area contributed by atoms with Crippen LogP contribution >= 0.6 is 11.3 Å². The highest BCUT2D eigenvalue weighted by atomic mass is 32.1. The molecule has 140 valence electrons. The van der Waals surface area contributed by atoms with Crippen molar-refractivity contribution in [2.75, 3.05) is 6.54 Å². The molecule has 0 atom stereocenters. The van der Waals surface area contributed by atoms with Crippen LogP contribution in [-0.2, 0) is 19.5 Å². The third kappa shape index (κ3) is 3.02. The first-order valence-corrected chi connectivity index (χ1v) is 10.1. The molecule has 0 unspecified atom stereocenters. The van der Waals surface area contributed by atoms with Crippen molar-refractivity contribution in [3.63, 3.8) is 0 Å². The third-order valence-corrected chi connectivity index (χ3v) is 6.55. The molecule has 0 fully saturated rings. The van der Waals surface area contributed by atoms with Crippen molar-refractivity contribution in [2.24, 2.45) is 0 Å². The van der Waals surface area contributed by atoms with Crippen LogP contribution in [0.4, 0.5) is 0 Å². The van der Waals surface area contributed by atoms with Crippen LogP contribution in [0.2, 0.25) is 0 Å².